The number of hydrogen-bond donors (Lipinski definition) is 0. The number of nitrogens with zero attached hydrogens (tertiary/aromatic N) is 3. The van der Waals surface area contributed by atoms with Crippen LogP contribution >= 0.6 is 0 Å². The second-order valence-electron chi connectivity index (χ2n) is 7.50. The molecule has 0 spiro atoms. The van der Waals surface area contributed by atoms with E-state index in [0.717, 1.165) is 22.4 Å². The number of aromatic nitrogens is 3. The number of halogens is 2. The van der Waals surface area contributed by atoms with Crippen molar-refractivity contribution in [1.29, 1.82) is 0 Å². The van der Waals surface area contributed by atoms with Crippen molar-refractivity contribution in [2.24, 2.45) is 0 Å². The number of imidazole rings is 1. The van der Waals surface area contributed by atoms with Crippen LogP contribution in [-0.2, 0) is 6.54 Å². The van der Waals surface area contributed by atoms with E-state index < -0.39 is 11.7 Å². The lowest BCUT2D eigenvalue weighted by Gasteiger charge is -2.09. The van der Waals surface area contributed by atoms with Crippen LogP contribution in [0, 0.1) is 0 Å². The van der Waals surface area contributed by atoms with Gasteiger partial charge in [0.1, 0.15) is 11.4 Å². The summed E-state index contributed by atoms with van der Waals surface area (Å²) in [4.78, 5) is 8.76. The first-order valence-corrected chi connectivity index (χ1v) is 10.4. The first-order chi connectivity index (χ1) is 16.0. The van der Waals surface area contributed by atoms with Crippen molar-refractivity contribution >= 4 is 5.57 Å². The van der Waals surface area contributed by atoms with Crippen molar-refractivity contribution in [2.75, 3.05) is 7.11 Å². The van der Waals surface area contributed by atoms with Crippen LogP contribution in [0.15, 0.2) is 97.4 Å². The predicted molar refractivity (Wildman–Crippen MR) is 127 cm³/mol. The van der Waals surface area contributed by atoms with Gasteiger partial charge in [0.2, 0.25) is 0 Å². The molecule has 0 saturated carbocycles. The first kappa shape index (κ1) is 22.1. The average molecular weight is 443 g/mol. The van der Waals surface area contributed by atoms with Gasteiger partial charge in [0.25, 0.3) is 0 Å². The van der Waals surface area contributed by atoms with Gasteiger partial charge < -0.3 is 9.30 Å². The molecule has 2 aromatic carbocycles. The Morgan fingerprint density at radius 3 is 2.48 bits per heavy atom. The van der Waals surface area contributed by atoms with E-state index >= 15 is 0 Å². The molecule has 2 aromatic rings. The lowest BCUT2D eigenvalue weighted by molar-refractivity contribution is 0.415. The van der Waals surface area contributed by atoms with Gasteiger partial charge in [-0.1, -0.05) is 55.1 Å². The minimum absolute atomic E-state index is 0.0270. The SMILES string of the molecule is C=C(F)/C(F)=C(\C=C/C)c1nc2ccn(Cc3ccc(-c4cccc(OC)c4)cc3)cc-2n1. The molecule has 0 aromatic heterocycles. The fourth-order valence-electron chi connectivity index (χ4n) is 3.55. The van der Waals surface area contributed by atoms with Gasteiger partial charge in [0.15, 0.2) is 17.5 Å². The zero-order chi connectivity index (χ0) is 23.4. The molecular formula is C27H23F2N3O. The maximum absolute atomic E-state index is 14.2. The van der Waals surface area contributed by atoms with Crippen LogP contribution in [-0.4, -0.2) is 21.6 Å². The molecule has 0 fully saturated rings. The van der Waals surface area contributed by atoms with Gasteiger partial charge in [-0.15, -0.1) is 0 Å². The van der Waals surface area contributed by atoms with Crippen LogP contribution in [0.25, 0.3) is 28.1 Å². The largest absolute Gasteiger partial charge is 0.497 e. The molecular weight excluding hydrogens is 420 g/mol. The molecule has 0 N–H and O–H groups in total. The van der Waals surface area contributed by atoms with E-state index in [0.29, 0.717) is 17.9 Å². The highest BCUT2D eigenvalue weighted by Crippen LogP contribution is 2.29. The van der Waals surface area contributed by atoms with Crippen molar-refractivity contribution in [3.8, 4) is 28.3 Å². The molecule has 4 nitrogen and oxygen atoms in total. The first-order valence-electron chi connectivity index (χ1n) is 10.4. The minimum Gasteiger partial charge on any atom is -0.497 e. The highest BCUT2D eigenvalue weighted by Gasteiger charge is 2.18. The third kappa shape index (κ3) is 4.90. The van der Waals surface area contributed by atoms with E-state index in [1.807, 2.05) is 47.3 Å². The molecule has 0 saturated heterocycles. The van der Waals surface area contributed by atoms with E-state index in [9.17, 15) is 8.78 Å². The highest BCUT2D eigenvalue weighted by molar-refractivity contribution is 5.76. The number of fused-ring (bicyclic) bond motifs is 1. The lowest BCUT2D eigenvalue weighted by atomic mass is 10.0. The maximum Gasteiger partial charge on any atom is 0.169 e. The molecule has 4 rings (SSSR count). The maximum atomic E-state index is 14.2. The Labute approximate surface area is 191 Å². The van der Waals surface area contributed by atoms with Crippen molar-refractivity contribution in [3.05, 3.63) is 109 Å². The Bertz CT molecular complexity index is 1320. The minimum atomic E-state index is -1.15. The lowest BCUT2D eigenvalue weighted by Crippen LogP contribution is -2.00. The summed E-state index contributed by atoms with van der Waals surface area (Å²) in [7, 11) is 1.65. The van der Waals surface area contributed by atoms with E-state index in [4.69, 9.17) is 4.74 Å². The molecule has 6 heteroatoms. The number of benzene rings is 2. The summed E-state index contributed by atoms with van der Waals surface area (Å²) in [5, 5.41) is 0. The Morgan fingerprint density at radius 1 is 1.03 bits per heavy atom. The zero-order valence-corrected chi connectivity index (χ0v) is 18.4. The van der Waals surface area contributed by atoms with Crippen molar-refractivity contribution < 1.29 is 13.5 Å². The molecule has 166 valence electrons. The van der Waals surface area contributed by atoms with Crippen molar-refractivity contribution in [1.82, 2.24) is 14.5 Å². The second kappa shape index (κ2) is 9.61. The van der Waals surface area contributed by atoms with Gasteiger partial charge in [0.05, 0.1) is 18.4 Å². The molecule has 33 heavy (non-hydrogen) atoms. The Balaban J connectivity index is 1.58. The fraction of sp³-hybridized carbons (Fsp3) is 0.111. The smallest absolute Gasteiger partial charge is 0.169 e. The highest BCUT2D eigenvalue weighted by atomic mass is 19.2. The van der Waals surface area contributed by atoms with Crippen LogP contribution in [0.5, 0.6) is 5.75 Å². The van der Waals surface area contributed by atoms with Crippen LogP contribution < -0.4 is 4.74 Å². The number of methoxy groups -OCH3 is 1. The zero-order valence-electron chi connectivity index (χ0n) is 18.4. The molecule has 2 aliphatic rings. The monoisotopic (exact) mass is 443 g/mol. The molecule has 0 bridgehead atoms. The van der Waals surface area contributed by atoms with Crippen LogP contribution in [0.2, 0.25) is 0 Å². The predicted octanol–water partition coefficient (Wildman–Crippen LogP) is 6.85. The summed E-state index contributed by atoms with van der Waals surface area (Å²) in [6, 6.07) is 18.0. The molecule has 0 atom stereocenters. The Hall–Kier alpha value is -4.06. The normalized spacial score (nSPS) is 12.2. The van der Waals surface area contributed by atoms with E-state index in [-0.39, 0.29) is 11.4 Å². The fourth-order valence-corrected chi connectivity index (χ4v) is 3.55. The quantitative estimate of drug-likeness (QED) is 0.293. The van der Waals surface area contributed by atoms with Gasteiger partial charge in [-0.2, -0.15) is 0 Å². The van der Waals surface area contributed by atoms with Gasteiger partial charge in [-0.25, -0.2) is 18.7 Å². The molecule has 2 heterocycles. The number of rotatable bonds is 7. The standard InChI is InChI=1S/C27H23F2N3O/c1-4-6-23(26(29)18(2)28)27-30-24-13-14-32(17-25(24)31-27)16-19-9-11-20(12-10-19)21-7-5-8-22(15-21)33-3/h4-15,17H,2,16H2,1,3H3/b6-4-,26-23-. The molecule has 2 aliphatic heterocycles. The van der Waals surface area contributed by atoms with E-state index in [1.165, 1.54) is 6.08 Å². The van der Waals surface area contributed by atoms with Crippen molar-refractivity contribution in [2.45, 2.75) is 13.5 Å². The van der Waals surface area contributed by atoms with Crippen LogP contribution in [0.4, 0.5) is 8.78 Å². The van der Waals surface area contributed by atoms with Gasteiger partial charge in [0, 0.05) is 18.9 Å². The Morgan fingerprint density at radius 2 is 1.79 bits per heavy atom. The van der Waals surface area contributed by atoms with E-state index in [1.54, 1.807) is 20.1 Å². The van der Waals surface area contributed by atoms with Gasteiger partial charge >= 0.3 is 0 Å². The van der Waals surface area contributed by atoms with E-state index in [2.05, 4.69) is 40.8 Å². The third-order valence-electron chi connectivity index (χ3n) is 5.20. The summed E-state index contributed by atoms with van der Waals surface area (Å²) in [6.45, 7) is 5.37. The number of ether oxygens (including phenoxy) is 1. The molecule has 0 aliphatic carbocycles. The van der Waals surface area contributed by atoms with Crippen LogP contribution in [0.3, 0.4) is 0 Å². The van der Waals surface area contributed by atoms with Crippen LogP contribution in [0.1, 0.15) is 18.3 Å². The average Bonchev–Trinajstić information content (AvgIpc) is 3.25. The Kier molecular flexibility index (Phi) is 6.45. The molecule has 0 radical (unpaired) electrons. The van der Waals surface area contributed by atoms with Gasteiger partial charge in [-0.05, 0) is 41.8 Å². The number of hydrogen-bond acceptors (Lipinski definition) is 3. The van der Waals surface area contributed by atoms with Gasteiger partial charge in [-0.3, -0.25) is 0 Å². The third-order valence-corrected chi connectivity index (χ3v) is 5.20. The van der Waals surface area contributed by atoms with Crippen molar-refractivity contribution in [3.63, 3.8) is 0 Å². The topological polar surface area (TPSA) is 39.9 Å². The summed E-state index contributed by atoms with van der Waals surface area (Å²) in [5.74, 6) is -1.27. The molecule has 0 amide bonds. The summed E-state index contributed by atoms with van der Waals surface area (Å²) < 4.78 is 34.9. The number of allylic oxidation sites excluding steroid dienone is 5. The number of pyridine rings is 1. The second-order valence-corrected chi connectivity index (χ2v) is 7.50. The molecule has 0 unspecified atom stereocenters. The summed E-state index contributed by atoms with van der Waals surface area (Å²) >= 11 is 0. The summed E-state index contributed by atoms with van der Waals surface area (Å²) in [6.07, 6.45) is 6.78. The summed E-state index contributed by atoms with van der Waals surface area (Å²) in [5.41, 5.74) is 4.47.